The molecule has 2 heteroatoms. The van der Waals surface area contributed by atoms with Gasteiger partial charge in [-0.25, -0.2) is 0 Å². The summed E-state index contributed by atoms with van der Waals surface area (Å²) >= 11 is 3.76. The molecule has 12 rings (SSSR count). The second-order valence-corrected chi connectivity index (χ2v) is 16.1. The van der Waals surface area contributed by atoms with Crippen molar-refractivity contribution in [2.45, 2.75) is 0 Å². The number of rotatable bonds is 2. The second-order valence-electron chi connectivity index (χ2n) is 13.9. The largest absolute Gasteiger partial charge is 0.135 e. The molecule has 12 aromatic rings. The van der Waals surface area contributed by atoms with Gasteiger partial charge in [-0.05, 0) is 113 Å². The number of hydrogen-bond donors (Lipinski definition) is 0. The van der Waals surface area contributed by atoms with Crippen LogP contribution in [-0.2, 0) is 0 Å². The minimum Gasteiger partial charge on any atom is -0.135 e. The molecule has 0 unspecified atom stereocenters. The molecule has 0 spiro atoms. The van der Waals surface area contributed by atoms with Crippen LogP contribution in [0.25, 0.3) is 116 Å². The summed E-state index contributed by atoms with van der Waals surface area (Å²) in [5.74, 6) is 0. The van der Waals surface area contributed by atoms with Crippen molar-refractivity contribution >= 4 is 117 Å². The number of benzene rings is 10. The van der Waals surface area contributed by atoms with Crippen molar-refractivity contribution in [3.8, 4) is 22.3 Å². The quantitative estimate of drug-likeness (QED) is 0.158. The van der Waals surface area contributed by atoms with Crippen LogP contribution in [0.3, 0.4) is 0 Å². The molecule has 2 heterocycles. The molecule has 0 aliphatic carbocycles. The molecule has 0 aliphatic rings. The van der Waals surface area contributed by atoms with Crippen molar-refractivity contribution < 1.29 is 0 Å². The summed E-state index contributed by atoms with van der Waals surface area (Å²) in [5, 5.41) is 18.4. The van der Waals surface area contributed by atoms with Crippen LogP contribution in [0.2, 0.25) is 0 Å². The van der Waals surface area contributed by atoms with Crippen LogP contribution < -0.4 is 0 Å². The molecule has 0 atom stereocenters. The molecule has 10 aromatic carbocycles. The lowest BCUT2D eigenvalue weighted by Crippen LogP contribution is -1.90. The summed E-state index contributed by atoms with van der Waals surface area (Å²) in [6.07, 6.45) is 0. The van der Waals surface area contributed by atoms with Gasteiger partial charge in [0.1, 0.15) is 0 Å². The highest BCUT2D eigenvalue weighted by Gasteiger charge is 2.19. The highest BCUT2D eigenvalue weighted by molar-refractivity contribution is 7.26. The van der Waals surface area contributed by atoms with Gasteiger partial charge in [-0.15, -0.1) is 22.7 Å². The normalized spacial score (nSPS) is 12.2. The maximum atomic E-state index is 2.45. The Hall–Kier alpha value is -6.06. The zero-order valence-electron chi connectivity index (χ0n) is 28.0. The van der Waals surface area contributed by atoms with Crippen LogP contribution in [0.15, 0.2) is 170 Å². The monoisotopic (exact) mass is 692 g/mol. The Labute approximate surface area is 307 Å². The minimum absolute atomic E-state index is 1.26. The first-order chi connectivity index (χ1) is 25.8. The van der Waals surface area contributed by atoms with E-state index in [4.69, 9.17) is 0 Å². The highest BCUT2D eigenvalue weighted by Crippen LogP contribution is 2.48. The number of hydrogen-bond acceptors (Lipinski definition) is 2. The molecular formula is C50H28S2. The fourth-order valence-corrected chi connectivity index (χ4v) is 11.3. The zero-order valence-corrected chi connectivity index (χ0v) is 29.6. The van der Waals surface area contributed by atoms with E-state index in [-0.39, 0.29) is 0 Å². The lowest BCUT2D eigenvalue weighted by Gasteiger charge is -2.18. The Bertz CT molecular complexity index is 3240. The van der Waals surface area contributed by atoms with Gasteiger partial charge in [0.2, 0.25) is 0 Å². The lowest BCUT2D eigenvalue weighted by atomic mass is 9.85. The van der Waals surface area contributed by atoms with E-state index in [0.717, 1.165) is 0 Å². The van der Waals surface area contributed by atoms with Crippen LogP contribution in [0.5, 0.6) is 0 Å². The van der Waals surface area contributed by atoms with Crippen LogP contribution in [0.1, 0.15) is 0 Å². The van der Waals surface area contributed by atoms with Gasteiger partial charge in [0, 0.05) is 40.3 Å². The van der Waals surface area contributed by atoms with Gasteiger partial charge in [0.05, 0.1) is 0 Å². The third kappa shape index (κ3) is 3.91. The van der Waals surface area contributed by atoms with Gasteiger partial charge in [-0.3, -0.25) is 0 Å². The Morgan fingerprint density at radius 2 is 0.596 bits per heavy atom. The van der Waals surface area contributed by atoms with Crippen molar-refractivity contribution in [3.05, 3.63) is 170 Å². The molecule has 0 bridgehead atoms. The first-order valence-electron chi connectivity index (χ1n) is 17.8. The van der Waals surface area contributed by atoms with Gasteiger partial charge in [-0.2, -0.15) is 0 Å². The van der Waals surface area contributed by atoms with Crippen molar-refractivity contribution in [2.24, 2.45) is 0 Å². The molecule has 0 amide bonds. The molecule has 0 saturated heterocycles. The minimum atomic E-state index is 1.26. The average molecular weight is 693 g/mol. The Kier molecular flexibility index (Phi) is 5.90. The van der Waals surface area contributed by atoms with Gasteiger partial charge in [0.25, 0.3) is 0 Å². The van der Waals surface area contributed by atoms with Crippen LogP contribution in [0.4, 0.5) is 0 Å². The predicted octanol–water partition coefficient (Wildman–Crippen LogP) is 15.5. The maximum Gasteiger partial charge on any atom is 0.0361 e. The molecule has 0 fully saturated rings. The molecular weight excluding hydrogens is 665 g/mol. The molecule has 0 N–H and O–H groups in total. The lowest BCUT2D eigenvalue weighted by molar-refractivity contribution is 1.72. The van der Waals surface area contributed by atoms with Crippen molar-refractivity contribution in [1.29, 1.82) is 0 Å². The van der Waals surface area contributed by atoms with Crippen LogP contribution in [-0.4, -0.2) is 0 Å². The summed E-state index contributed by atoms with van der Waals surface area (Å²) < 4.78 is 5.35. The Morgan fingerprint density at radius 3 is 1.06 bits per heavy atom. The van der Waals surface area contributed by atoms with Gasteiger partial charge >= 0.3 is 0 Å². The molecule has 0 nitrogen and oxygen atoms in total. The van der Waals surface area contributed by atoms with E-state index in [1.807, 2.05) is 22.7 Å². The Balaban J connectivity index is 1.18. The first-order valence-corrected chi connectivity index (χ1v) is 19.5. The van der Waals surface area contributed by atoms with E-state index < -0.39 is 0 Å². The van der Waals surface area contributed by atoms with E-state index in [2.05, 4.69) is 170 Å². The van der Waals surface area contributed by atoms with Gasteiger partial charge in [-0.1, -0.05) is 133 Å². The standard InChI is InChI=1S/C50H28S2/c1-3-13-35-33(11-1)41-27-29(31-17-9-21-45-47(31)39-15-5-7-19-43(39)51-45)23-25-37(41)50-36-14-4-2-12-34(36)42-28-30(24-26-38(42)49(35)50)32-18-10-22-46-48(32)40-16-6-8-20-44(40)52-46/h1-28H. The van der Waals surface area contributed by atoms with E-state index in [1.165, 1.54) is 116 Å². The average Bonchev–Trinajstić information content (AvgIpc) is 3.79. The van der Waals surface area contributed by atoms with Crippen molar-refractivity contribution in [3.63, 3.8) is 0 Å². The van der Waals surface area contributed by atoms with Gasteiger partial charge < -0.3 is 0 Å². The molecule has 2 aromatic heterocycles. The molecule has 0 radical (unpaired) electrons. The topological polar surface area (TPSA) is 0 Å². The summed E-state index contributed by atoms with van der Waals surface area (Å²) in [5.41, 5.74) is 5.11. The number of thiophene rings is 2. The Morgan fingerprint density at radius 1 is 0.231 bits per heavy atom. The summed E-state index contributed by atoms with van der Waals surface area (Å²) in [4.78, 5) is 0. The van der Waals surface area contributed by atoms with Crippen molar-refractivity contribution in [2.75, 3.05) is 0 Å². The van der Waals surface area contributed by atoms with E-state index in [1.54, 1.807) is 0 Å². The fourth-order valence-electron chi connectivity index (χ4n) is 9.04. The van der Waals surface area contributed by atoms with E-state index in [0.29, 0.717) is 0 Å². The van der Waals surface area contributed by atoms with Crippen molar-refractivity contribution in [1.82, 2.24) is 0 Å². The molecule has 0 saturated carbocycles. The van der Waals surface area contributed by atoms with Crippen LogP contribution in [0, 0.1) is 0 Å². The zero-order chi connectivity index (χ0) is 33.9. The third-order valence-electron chi connectivity index (χ3n) is 11.2. The molecule has 0 aliphatic heterocycles. The van der Waals surface area contributed by atoms with Crippen LogP contribution >= 0.6 is 22.7 Å². The molecule has 52 heavy (non-hydrogen) atoms. The smallest absolute Gasteiger partial charge is 0.0361 e. The first kappa shape index (κ1) is 28.6. The third-order valence-corrected chi connectivity index (χ3v) is 13.5. The number of fused-ring (bicyclic) bond motifs is 17. The SMILES string of the molecule is c1ccc2c(c1)sc1cccc(-c3ccc4c(c3)c3ccccc3c3c5ccc(-c6cccc7sc8ccccc8c67)cc5c5ccccc5c43)c12. The van der Waals surface area contributed by atoms with Gasteiger partial charge in [0.15, 0.2) is 0 Å². The summed E-state index contributed by atoms with van der Waals surface area (Å²) in [6.45, 7) is 0. The molecule has 240 valence electrons. The second kappa shape index (κ2) is 10.7. The summed E-state index contributed by atoms with van der Waals surface area (Å²) in [6, 6.07) is 63.7. The fraction of sp³-hybridized carbons (Fsp3) is 0. The maximum absolute atomic E-state index is 2.45. The van der Waals surface area contributed by atoms with E-state index >= 15 is 0 Å². The highest BCUT2D eigenvalue weighted by atomic mass is 32.1. The summed E-state index contributed by atoms with van der Waals surface area (Å²) in [7, 11) is 0. The van der Waals surface area contributed by atoms with E-state index in [9.17, 15) is 0 Å². The predicted molar refractivity (Wildman–Crippen MR) is 231 cm³/mol.